The summed E-state index contributed by atoms with van der Waals surface area (Å²) in [6.45, 7) is 5.31. The first-order valence-electron chi connectivity index (χ1n) is 11.3. The maximum absolute atomic E-state index is 5.46. The van der Waals surface area contributed by atoms with Crippen LogP contribution in [0.3, 0.4) is 0 Å². The van der Waals surface area contributed by atoms with E-state index in [1.54, 1.807) is 13.3 Å². The minimum atomic E-state index is 0.478. The summed E-state index contributed by atoms with van der Waals surface area (Å²) in [7, 11) is 1.65. The van der Waals surface area contributed by atoms with Crippen LogP contribution < -0.4 is 20.4 Å². The number of hydrogen-bond donors (Lipinski definition) is 2. The third-order valence-corrected chi connectivity index (χ3v) is 5.94. The Bertz CT molecular complexity index is 1030. The lowest BCUT2D eigenvalue weighted by molar-refractivity contribution is 0.00154. The normalized spacial score (nSPS) is 17.8. The van der Waals surface area contributed by atoms with Crippen molar-refractivity contribution in [3.8, 4) is 17.0 Å². The van der Waals surface area contributed by atoms with Gasteiger partial charge in [-0.05, 0) is 43.2 Å². The molecule has 5 rings (SSSR count). The Morgan fingerprint density at radius 1 is 1.03 bits per heavy atom. The van der Waals surface area contributed by atoms with Crippen molar-refractivity contribution in [2.45, 2.75) is 18.9 Å². The number of piperidine rings is 1. The molecule has 10 nitrogen and oxygen atoms in total. The molecule has 2 aliphatic heterocycles. The molecule has 0 saturated carbocycles. The van der Waals surface area contributed by atoms with Gasteiger partial charge in [-0.3, -0.25) is 5.43 Å². The van der Waals surface area contributed by atoms with Gasteiger partial charge in [0.15, 0.2) is 0 Å². The van der Waals surface area contributed by atoms with Crippen molar-refractivity contribution in [2.24, 2.45) is 0 Å². The van der Waals surface area contributed by atoms with Crippen LogP contribution in [0, 0.1) is 0 Å². The van der Waals surface area contributed by atoms with Crippen LogP contribution in [0.15, 0.2) is 47.1 Å². The first kappa shape index (κ1) is 21.6. The minimum Gasteiger partial charge on any atom is -0.497 e. The molecule has 2 saturated heterocycles. The number of benzene rings is 1. The van der Waals surface area contributed by atoms with Crippen LogP contribution in [-0.4, -0.2) is 72.7 Å². The van der Waals surface area contributed by atoms with Gasteiger partial charge in [-0.1, -0.05) is 5.16 Å². The summed E-state index contributed by atoms with van der Waals surface area (Å²) in [5.74, 6) is 2.72. The van der Waals surface area contributed by atoms with E-state index in [0.717, 1.165) is 75.2 Å². The number of methoxy groups -OCH3 is 1. The van der Waals surface area contributed by atoms with Gasteiger partial charge in [0.05, 0.1) is 20.3 Å². The van der Waals surface area contributed by atoms with Crippen molar-refractivity contribution in [1.29, 1.82) is 0 Å². The van der Waals surface area contributed by atoms with Gasteiger partial charge < -0.3 is 24.2 Å². The second kappa shape index (κ2) is 10.2. The number of rotatable bonds is 7. The van der Waals surface area contributed by atoms with E-state index in [1.807, 2.05) is 36.4 Å². The molecular formula is C23H29N7O3. The maximum Gasteiger partial charge on any atom is 0.230 e. The summed E-state index contributed by atoms with van der Waals surface area (Å²) in [4.78, 5) is 11.4. The van der Waals surface area contributed by atoms with Gasteiger partial charge in [0, 0.05) is 50.0 Å². The van der Waals surface area contributed by atoms with E-state index in [9.17, 15) is 0 Å². The number of nitrogens with one attached hydrogen (secondary N) is 2. The summed E-state index contributed by atoms with van der Waals surface area (Å²) in [5.41, 5.74) is 5.33. The van der Waals surface area contributed by atoms with Crippen LogP contribution in [0.25, 0.3) is 11.3 Å². The molecule has 3 aromatic rings. The topological polar surface area (TPSA) is 101 Å². The Morgan fingerprint density at radius 3 is 2.58 bits per heavy atom. The predicted molar refractivity (Wildman–Crippen MR) is 125 cm³/mol. The number of nitrogens with zero attached hydrogens (tertiary/aromatic N) is 5. The molecule has 0 radical (unpaired) electrons. The quantitative estimate of drug-likeness (QED) is 0.558. The van der Waals surface area contributed by atoms with Crippen molar-refractivity contribution < 1.29 is 14.0 Å². The summed E-state index contributed by atoms with van der Waals surface area (Å²) >= 11 is 0. The summed E-state index contributed by atoms with van der Waals surface area (Å²) < 4.78 is 16.1. The molecule has 0 amide bonds. The molecular weight excluding hydrogens is 422 g/mol. The lowest BCUT2D eigenvalue weighted by atomic mass is 10.1. The fraction of sp³-hybridized carbons (Fsp3) is 0.435. The number of aromatic nitrogens is 3. The standard InChI is InChI=1S/C23H29N7O3/c1-31-19-4-2-17(3-5-19)20-16-22(33-28-20)25-21-6-9-24-23(26-21)29-10-7-18(8-11-29)27-30-12-14-32-15-13-30/h2-6,9,16,18,27H,7-8,10-15H2,1H3,(H,24,25,26). The number of anilines is 3. The third kappa shape index (κ3) is 5.41. The Labute approximate surface area is 192 Å². The second-order valence-electron chi connectivity index (χ2n) is 8.16. The first-order valence-corrected chi connectivity index (χ1v) is 11.3. The van der Waals surface area contributed by atoms with Gasteiger partial charge in [0.1, 0.15) is 17.3 Å². The van der Waals surface area contributed by atoms with Gasteiger partial charge in [-0.15, -0.1) is 0 Å². The van der Waals surface area contributed by atoms with E-state index in [2.05, 4.69) is 35.8 Å². The fourth-order valence-corrected chi connectivity index (χ4v) is 4.09. The fourth-order valence-electron chi connectivity index (χ4n) is 4.09. The van der Waals surface area contributed by atoms with Gasteiger partial charge in [-0.2, -0.15) is 4.98 Å². The zero-order valence-electron chi connectivity index (χ0n) is 18.7. The summed E-state index contributed by atoms with van der Waals surface area (Å²) in [6.07, 6.45) is 3.86. The van der Waals surface area contributed by atoms with Crippen LogP contribution in [0.4, 0.5) is 17.7 Å². The van der Waals surface area contributed by atoms with Crippen molar-refractivity contribution in [2.75, 3.05) is 56.7 Å². The van der Waals surface area contributed by atoms with E-state index in [4.69, 9.17) is 14.0 Å². The molecule has 4 heterocycles. The Kier molecular flexibility index (Phi) is 6.66. The van der Waals surface area contributed by atoms with E-state index >= 15 is 0 Å². The van der Waals surface area contributed by atoms with E-state index in [0.29, 0.717) is 17.7 Å². The molecule has 2 aromatic heterocycles. The van der Waals surface area contributed by atoms with Crippen LogP contribution in [0.2, 0.25) is 0 Å². The van der Waals surface area contributed by atoms with Crippen LogP contribution in [-0.2, 0) is 4.74 Å². The average molecular weight is 452 g/mol. The van der Waals surface area contributed by atoms with Crippen molar-refractivity contribution >= 4 is 17.7 Å². The van der Waals surface area contributed by atoms with Gasteiger partial charge in [0.2, 0.25) is 11.8 Å². The SMILES string of the molecule is COc1ccc(-c2cc(Nc3ccnc(N4CCC(NN5CCOCC5)CC4)n3)on2)cc1. The first-order chi connectivity index (χ1) is 16.3. The largest absolute Gasteiger partial charge is 0.497 e. The lowest BCUT2D eigenvalue weighted by Crippen LogP contribution is -2.53. The average Bonchev–Trinajstić information content (AvgIpc) is 3.34. The van der Waals surface area contributed by atoms with Crippen molar-refractivity contribution in [1.82, 2.24) is 25.6 Å². The number of hydrogen-bond acceptors (Lipinski definition) is 10. The molecule has 2 fully saturated rings. The van der Waals surface area contributed by atoms with Crippen molar-refractivity contribution in [3.63, 3.8) is 0 Å². The van der Waals surface area contributed by atoms with Gasteiger partial charge >= 0.3 is 0 Å². The molecule has 174 valence electrons. The zero-order chi connectivity index (χ0) is 22.5. The molecule has 0 aliphatic carbocycles. The minimum absolute atomic E-state index is 0.478. The van der Waals surface area contributed by atoms with Gasteiger partial charge in [0.25, 0.3) is 0 Å². The van der Waals surface area contributed by atoms with Crippen LogP contribution in [0.1, 0.15) is 12.8 Å². The molecule has 33 heavy (non-hydrogen) atoms. The van der Waals surface area contributed by atoms with Crippen LogP contribution in [0.5, 0.6) is 5.75 Å². The Balaban J connectivity index is 1.17. The molecule has 0 bridgehead atoms. The molecule has 0 spiro atoms. The third-order valence-electron chi connectivity index (χ3n) is 5.94. The van der Waals surface area contributed by atoms with E-state index < -0.39 is 0 Å². The predicted octanol–water partition coefficient (Wildman–Crippen LogP) is 2.69. The Hall–Kier alpha value is -3.21. The highest BCUT2D eigenvalue weighted by molar-refractivity contribution is 5.64. The lowest BCUT2D eigenvalue weighted by Gasteiger charge is -2.37. The zero-order valence-corrected chi connectivity index (χ0v) is 18.7. The highest BCUT2D eigenvalue weighted by Crippen LogP contribution is 2.26. The second-order valence-corrected chi connectivity index (χ2v) is 8.16. The van der Waals surface area contributed by atoms with E-state index in [1.165, 1.54) is 0 Å². The number of ether oxygens (including phenoxy) is 2. The molecule has 2 aliphatic rings. The molecule has 2 N–H and O–H groups in total. The van der Waals surface area contributed by atoms with Crippen molar-refractivity contribution in [3.05, 3.63) is 42.6 Å². The molecule has 1 aromatic carbocycles. The monoisotopic (exact) mass is 451 g/mol. The Morgan fingerprint density at radius 2 is 1.82 bits per heavy atom. The highest BCUT2D eigenvalue weighted by Gasteiger charge is 2.23. The molecule has 0 unspecified atom stereocenters. The molecule has 10 heteroatoms. The number of hydrazine groups is 1. The highest BCUT2D eigenvalue weighted by atomic mass is 16.5. The summed E-state index contributed by atoms with van der Waals surface area (Å²) in [6, 6.07) is 11.8. The smallest absolute Gasteiger partial charge is 0.230 e. The van der Waals surface area contributed by atoms with Crippen LogP contribution >= 0.6 is 0 Å². The maximum atomic E-state index is 5.46. The number of morpholine rings is 1. The summed E-state index contributed by atoms with van der Waals surface area (Å²) in [5, 5.41) is 9.63. The van der Waals surface area contributed by atoms with Gasteiger partial charge in [-0.25, -0.2) is 9.99 Å². The molecule has 0 atom stereocenters. The van der Waals surface area contributed by atoms with E-state index in [-0.39, 0.29) is 0 Å².